The number of rotatable bonds is 5. The number of carbonyl (C=O) groups excluding carboxylic acids is 1. The van der Waals surface area contributed by atoms with E-state index in [0.29, 0.717) is 0 Å². The number of hydrogen-bond donors (Lipinski definition) is 2. The fourth-order valence-corrected chi connectivity index (χ4v) is 3.81. The van der Waals surface area contributed by atoms with Gasteiger partial charge in [-0.3, -0.25) is 9.69 Å². The fourth-order valence-electron chi connectivity index (χ4n) is 3.12. The molecule has 3 N–H and O–H groups in total. The molecule has 112 valence electrons. The summed E-state index contributed by atoms with van der Waals surface area (Å²) in [6.45, 7) is 5.88. The molecule has 0 bridgehead atoms. The Morgan fingerprint density at radius 2 is 2.40 bits per heavy atom. The lowest BCUT2D eigenvalue weighted by molar-refractivity contribution is -0.129. The summed E-state index contributed by atoms with van der Waals surface area (Å²) >= 11 is 1.70. The Kier molecular flexibility index (Phi) is 4.83. The van der Waals surface area contributed by atoms with Crippen LogP contribution in [0.25, 0.3) is 0 Å². The number of thiophene rings is 1. The highest BCUT2D eigenvalue weighted by molar-refractivity contribution is 7.07. The maximum atomic E-state index is 12.1. The fraction of sp³-hybridized carbons (Fsp3) is 0.667. The first kappa shape index (κ1) is 15.5. The van der Waals surface area contributed by atoms with Gasteiger partial charge in [0, 0.05) is 19.6 Å². The van der Waals surface area contributed by atoms with Crippen LogP contribution < -0.4 is 11.1 Å². The predicted octanol–water partition coefficient (Wildman–Crippen LogP) is 1.98. The van der Waals surface area contributed by atoms with E-state index < -0.39 is 0 Å². The van der Waals surface area contributed by atoms with E-state index in [1.54, 1.807) is 18.4 Å². The van der Waals surface area contributed by atoms with E-state index in [0.717, 1.165) is 25.9 Å². The van der Waals surface area contributed by atoms with E-state index >= 15 is 0 Å². The average molecular weight is 295 g/mol. The second kappa shape index (κ2) is 6.24. The van der Waals surface area contributed by atoms with Gasteiger partial charge >= 0.3 is 0 Å². The van der Waals surface area contributed by atoms with Crippen molar-refractivity contribution in [2.24, 2.45) is 11.1 Å². The minimum atomic E-state index is -0.295. The molecule has 0 radical (unpaired) electrons. The topological polar surface area (TPSA) is 58.4 Å². The molecule has 1 aromatic heterocycles. The Labute approximate surface area is 125 Å². The molecule has 0 saturated carbocycles. The molecule has 3 unspecified atom stereocenters. The summed E-state index contributed by atoms with van der Waals surface area (Å²) in [4.78, 5) is 14.4. The van der Waals surface area contributed by atoms with E-state index in [9.17, 15) is 4.79 Å². The van der Waals surface area contributed by atoms with Gasteiger partial charge in [-0.1, -0.05) is 6.92 Å². The molecule has 4 nitrogen and oxygen atoms in total. The van der Waals surface area contributed by atoms with Crippen LogP contribution in [0.2, 0.25) is 0 Å². The minimum absolute atomic E-state index is 0.108. The first-order valence-corrected chi connectivity index (χ1v) is 8.20. The van der Waals surface area contributed by atoms with Crippen LogP contribution in [-0.4, -0.2) is 37.0 Å². The first-order chi connectivity index (χ1) is 9.51. The summed E-state index contributed by atoms with van der Waals surface area (Å²) < 4.78 is 0. The van der Waals surface area contributed by atoms with E-state index in [1.165, 1.54) is 5.56 Å². The molecule has 1 aromatic rings. The number of likely N-dealkylation sites (tertiary alicyclic amines) is 1. The number of hydrogen-bond acceptors (Lipinski definition) is 4. The zero-order chi connectivity index (χ0) is 14.8. The van der Waals surface area contributed by atoms with Crippen molar-refractivity contribution in [2.45, 2.75) is 38.8 Å². The molecule has 2 rings (SSSR count). The summed E-state index contributed by atoms with van der Waals surface area (Å²) in [6, 6.07) is 2.48. The van der Waals surface area contributed by atoms with Crippen molar-refractivity contribution >= 4 is 17.2 Å². The van der Waals surface area contributed by atoms with E-state index in [2.05, 4.69) is 34.0 Å². The van der Waals surface area contributed by atoms with Crippen LogP contribution in [0, 0.1) is 5.41 Å². The van der Waals surface area contributed by atoms with Crippen molar-refractivity contribution in [3.63, 3.8) is 0 Å². The monoisotopic (exact) mass is 295 g/mol. The zero-order valence-corrected chi connectivity index (χ0v) is 13.4. The predicted molar refractivity (Wildman–Crippen MR) is 83.7 cm³/mol. The molecule has 1 saturated heterocycles. The second-order valence-corrected chi connectivity index (χ2v) is 6.71. The van der Waals surface area contributed by atoms with Crippen LogP contribution >= 0.6 is 11.3 Å². The highest BCUT2D eigenvalue weighted by atomic mass is 32.1. The van der Waals surface area contributed by atoms with Gasteiger partial charge in [0.25, 0.3) is 0 Å². The molecule has 1 aliphatic rings. The van der Waals surface area contributed by atoms with Crippen molar-refractivity contribution in [2.75, 3.05) is 20.1 Å². The first-order valence-electron chi connectivity index (χ1n) is 7.25. The van der Waals surface area contributed by atoms with Crippen LogP contribution in [0.5, 0.6) is 0 Å². The normalized spacial score (nSPS) is 26.4. The maximum absolute atomic E-state index is 12.1. The molecule has 20 heavy (non-hydrogen) atoms. The Morgan fingerprint density at radius 1 is 1.65 bits per heavy atom. The third kappa shape index (κ3) is 2.90. The summed E-state index contributed by atoms with van der Waals surface area (Å²) in [7, 11) is 1.71. The summed E-state index contributed by atoms with van der Waals surface area (Å²) in [5.41, 5.74) is 7.34. The highest BCUT2D eigenvalue weighted by Gasteiger charge is 2.43. The molecule has 0 aromatic carbocycles. The highest BCUT2D eigenvalue weighted by Crippen LogP contribution is 2.37. The van der Waals surface area contributed by atoms with Gasteiger partial charge in [0.15, 0.2) is 0 Å². The van der Waals surface area contributed by atoms with Crippen molar-refractivity contribution in [1.29, 1.82) is 0 Å². The van der Waals surface area contributed by atoms with E-state index in [4.69, 9.17) is 5.73 Å². The van der Waals surface area contributed by atoms with E-state index in [-0.39, 0.29) is 23.4 Å². The number of nitrogens with two attached hydrogens (primary N) is 1. The number of amides is 1. The molecule has 0 aliphatic carbocycles. The Hall–Kier alpha value is -0.910. The van der Waals surface area contributed by atoms with Crippen molar-refractivity contribution in [3.05, 3.63) is 22.4 Å². The Bertz CT molecular complexity index is 448. The van der Waals surface area contributed by atoms with Crippen LogP contribution in [0.3, 0.4) is 0 Å². The van der Waals surface area contributed by atoms with Gasteiger partial charge in [0.1, 0.15) is 0 Å². The standard InChI is InChI=1S/C15H25N3OS/c1-4-12(16)13(11-5-8-20-9-11)18-7-6-15(2,10-18)14(19)17-3/h5,8-9,12-13H,4,6-7,10,16H2,1-3H3,(H,17,19). The molecular formula is C15H25N3OS. The molecule has 3 atom stereocenters. The van der Waals surface area contributed by atoms with Gasteiger partial charge in [0.2, 0.25) is 5.91 Å². The smallest absolute Gasteiger partial charge is 0.227 e. The lowest BCUT2D eigenvalue weighted by atomic mass is 9.88. The largest absolute Gasteiger partial charge is 0.359 e. The lowest BCUT2D eigenvalue weighted by Crippen LogP contribution is -2.43. The maximum Gasteiger partial charge on any atom is 0.227 e. The van der Waals surface area contributed by atoms with Gasteiger partial charge < -0.3 is 11.1 Å². The molecule has 1 aliphatic heterocycles. The summed E-state index contributed by atoms with van der Waals surface area (Å²) in [6.07, 6.45) is 1.83. The zero-order valence-electron chi connectivity index (χ0n) is 12.6. The van der Waals surface area contributed by atoms with Gasteiger partial charge in [-0.05, 0) is 48.7 Å². The average Bonchev–Trinajstić information content (AvgIpc) is 3.09. The quantitative estimate of drug-likeness (QED) is 0.873. The number of nitrogens with zero attached hydrogens (tertiary/aromatic N) is 1. The minimum Gasteiger partial charge on any atom is -0.359 e. The van der Waals surface area contributed by atoms with Crippen LogP contribution in [0.1, 0.15) is 38.3 Å². The van der Waals surface area contributed by atoms with Gasteiger partial charge in [-0.15, -0.1) is 0 Å². The van der Waals surface area contributed by atoms with Gasteiger partial charge in [-0.25, -0.2) is 0 Å². The van der Waals surface area contributed by atoms with Gasteiger partial charge in [-0.2, -0.15) is 11.3 Å². The third-order valence-corrected chi connectivity index (χ3v) is 5.13. The number of carbonyl (C=O) groups is 1. The summed E-state index contributed by atoms with van der Waals surface area (Å²) in [5.74, 6) is 0.133. The molecule has 1 amide bonds. The summed E-state index contributed by atoms with van der Waals surface area (Å²) in [5, 5.41) is 7.06. The Morgan fingerprint density at radius 3 is 2.95 bits per heavy atom. The lowest BCUT2D eigenvalue weighted by Gasteiger charge is -2.33. The molecule has 1 fully saturated rings. The van der Waals surface area contributed by atoms with Gasteiger partial charge in [0.05, 0.1) is 11.5 Å². The molecular weight excluding hydrogens is 270 g/mol. The molecule has 5 heteroatoms. The number of nitrogens with one attached hydrogen (secondary N) is 1. The van der Waals surface area contributed by atoms with Crippen LogP contribution in [0.15, 0.2) is 16.8 Å². The van der Waals surface area contributed by atoms with Crippen LogP contribution in [0.4, 0.5) is 0 Å². The Balaban J connectivity index is 2.18. The van der Waals surface area contributed by atoms with Crippen molar-refractivity contribution in [1.82, 2.24) is 10.2 Å². The second-order valence-electron chi connectivity index (χ2n) is 5.93. The van der Waals surface area contributed by atoms with Crippen molar-refractivity contribution < 1.29 is 4.79 Å². The van der Waals surface area contributed by atoms with Crippen LogP contribution in [-0.2, 0) is 4.79 Å². The third-order valence-electron chi connectivity index (χ3n) is 4.43. The van der Waals surface area contributed by atoms with Crippen molar-refractivity contribution in [3.8, 4) is 0 Å². The molecule has 2 heterocycles. The molecule has 0 spiro atoms. The van der Waals surface area contributed by atoms with E-state index in [1.807, 2.05) is 6.92 Å². The SMILES string of the molecule is CCC(N)C(c1ccsc1)N1CCC(C)(C(=O)NC)C1.